The van der Waals surface area contributed by atoms with Gasteiger partial charge in [0.2, 0.25) is 5.13 Å². The van der Waals surface area contributed by atoms with E-state index in [4.69, 9.17) is 4.74 Å². The third-order valence-electron chi connectivity index (χ3n) is 2.92. The fourth-order valence-electron chi connectivity index (χ4n) is 1.99. The maximum atomic E-state index is 11.4. The van der Waals surface area contributed by atoms with E-state index in [1.165, 1.54) is 18.6 Å². The second-order valence-electron chi connectivity index (χ2n) is 4.20. The van der Waals surface area contributed by atoms with Crippen molar-refractivity contribution in [2.24, 2.45) is 5.92 Å². The second-order valence-corrected chi connectivity index (χ2v) is 4.93. The van der Waals surface area contributed by atoms with Crippen molar-refractivity contribution < 1.29 is 9.53 Å². The Hall–Kier alpha value is -1.17. The van der Waals surface area contributed by atoms with Crippen molar-refractivity contribution in [3.63, 3.8) is 0 Å². The van der Waals surface area contributed by atoms with E-state index in [0.29, 0.717) is 6.54 Å². The number of methoxy groups -OCH3 is 1. The maximum absolute atomic E-state index is 11.4. The molecule has 5 nitrogen and oxygen atoms in total. The molecule has 1 atom stereocenters. The molecule has 1 fully saturated rings. The third-order valence-corrected chi connectivity index (χ3v) is 3.74. The average molecular weight is 255 g/mol. The molecule has 17 heavy (non-hydrogen) atoms. The van der Waals surface area contributed by atoms with Crippen LogP contribution in [-0.2, 0) is 16.0 Å². The van der Waals surface area contributed by atoms with Crippen LogP contribution in [0.3, 0.4) is 0 Å². The zero-order valence-corrected chi connectivity index (χ0v) is 11.0. The van der Waals surface area contributed by atoms with Gasteiger partial charge in [-0.3, -0.25) is 4.79 Å². The molecule has 0 aromatic carbocycles. The van der Waals surface area contributed by atoms with Gasteiger partial charge < -0.3 is 9.64 Å². The molecule has 1 saturated heterocycles. The smallest absolute Gasteiger partial charge is 0.310 e. The lowest BCUT2D eigenvalue weighted by Gasteiger charge is -2.13. The molecule has 6 heteroatoms. The molecule has 94 valence electrons. The molecule has 2 rings (SSSR count). The van der Waals surface area contributed by atoms with Crippen LogP contribution in [-0.4, -0.2) is 35.5 Å². The van der Waals surface area contributed by atoms with Crippen molar-refractivity contribution in [1.29, 1.82) is 0 Å². The minimum absolute atomic E-state index is 0.0153. The van der Waals surface area contributed by atoms with Gasteiger partial charge >= 0.3 is 5.97 Å². The molecule has 1 aliphatic rings. The van der Waals surface area contributed by atoms with Gasteiger partial charge in [0, 0.05) is 31.0 Å². The summed E-state index contributed by atoms with van der Waals surface area (Å²) >= 11 is 1.42. The number of nitrogens with zero attached hydrogens (tertiary/aromatic N) is 3. The summed E-state index contributed by atoms with van der Waals surface area (Å²) in [6.45, 7) is 3.68. The van der Waals surface area contributed by atoms with E-state index < -0.39 is 0 Å². The Kier molecular flexibility index (Phi) is 3.93. The molecular formula is C11H17N3O2S. The first kappa shape index (κ1) is 12.3. The summed E-state index contributed by atoms with van der Waals surface area (Å²) in [4.78, 5) is 18.0. The number of aryl methyl sites for hydroxylation is 1. The van der Waals surface area contributed by atoms with Gasteiger partial charge in [-0.1, -0.05) is 6.92 Å². The van der Waals surface area contributed by atoms with Crippen LogP contribution >= 0.6 is 11.5 Å². The van der Waals surface area contributed by atoms with E-state index in [9.17, 15) is 4.79 Å². The number of ether oxygens (including phenoxy) is 1. The summed E-state index contributed by atoms with van der Waals surface area (Å²) in [5.41, 5.74) is 0. The number of rotatable bonds is 4. The SMILES string of the molecule is CCCc1nsc(N2CCC(C(=O)OC)C2)n1. The summed E-state index contributed by atoms with van der Waals surface area (Å²) in [7, 11) is 1.44. The standard InChI is InChI=1S/C11H17N3O2S/c1-3-4-9-12-11(17-13-9)14-6-5-8(7-14)10(15)16-2/h8H,3-7H2,1-2H3. The number of hydrogen-bond acceptors (Lipinski definition) is 6. The lowest BCUT2D eigenvalue weighted by Crippen LogP contribution is -2.23. The van der Waals surface area contributed by atoms with Gasteiger partial charge in [0.05, 0.1) is 13.0 Å². The monoisotopic (exact) mass is 255 g/mol. The first-order valence-corrected chi connectivity index (χ1v) is 6.67. The van der Waals surface area contributed by atoms with Crippen LogP contribution in [0.2, 0.25) is 0 Å². The minimum Gasteiger partial charge on any atom is -0.469 e. The quantitative estimate of drug-likeness (QED) is 0.763. The Morgan fingerprint density at radius 1 is 1.65 bits per heavy atom. The molecule has 0 bridgehead atoms. The van der Waals surface area contributed by atoms with Crippen LogP contribution in [0.25, 0.3) is 0 Å². The lowest BCUT2D eigenvalue weighted by molar-refractivity contribution is -0.144. The fourth-order valence-corrected chi connectivity index (χ4v) is 2.74. The molecule has 2 heterocycles. The number of aromatic nitrogens is 2. The summed E-state index contributed by atoms with van der Waals surface area (Å²) in [6.07, 6.45) is 2.82. The van der Waals surface area contributed by atoms with Crippen molar-refractivity contribution >= 4 is 22.6 Å². The van der Waals surface area contributed by atoms with Gasteiger partial charge in [-0.15, -0.1) is 0 Å². The highest BCUT2D eigenvalue weighted by molar-refractivity contribution is 7.09. The summed E-state index contributed by atoms with van der Waals surface area (Å²) < 4.78 is 9.08. The fraction of sp³-hybridized carbons (Fsp3) is 0.727. The van der Waals surface area contributed by atoms with Gasteiger partial charge in [0.15, 0.2) is 0 Å². The average Bonchev–Trinajstić information content (AvgIpc) is 2.96. The number of carbonyl (C=O) groups excluding carboxylic acids is 1. The Bertz CT molecular complexity index is 394. The summed E-state index contributed by atoms with van der Waals surface area (Å²) in [5.74, 6) is 0.776. The van der Waals surface area contributed by atoms with Crippen LogP contribution in [0.1, 0.15) is 25.6 Å². The molecule has 1 aromatic rings. The van der Waals surface area contributed by atoms with Gasteiger partial charge in [-0.25, -0.2) is 4.98 Å². The van der Waals surface area contributed by atoms with Crippen molar-refractivity contribution in [3.8, 4) is 0 Å². The molecule has 0 aliphatic carbocycles. The molecule has 1 aliphatic heterocycles. The van der Waals surface area contributed by atoms with Gasteiger partial charge in [0.1, 0.15) is 5.82 Å². The van der Waals surface area contributed by atoms with Crippen LogP contribution in [0.4, 0.5) is 5.13 Å². The predicted molar refractivity (Wildman–Crippen MR) is 66.2 cm³/mol. The topological polar surface area (TPSA) is 55.3 Å². The Balaban J connectivity index is 1.97. The zero-order chi connectivity index (χ0) is 12.3. The third kappa shape index (κ3) is 2.74. The first-order chi connectivity index (χ1) is 8.24. The Labute approximate surface area is 105 Å². The largest absolute Gasteiger partial charge is 0.469 e. The lowest BCUT2D eigenvalue weighted by atomic mass is 10.1. The molecule has 0 amide bonds. The number of carbonyl (C=O) groups is 1. The maximum Gasteiger partial charge on any atom is 0.310 e. The van der Waals surface area contributed by atoms with Gasteiger partial charge in [-0.2, -0.15) is 4.37 Å². The van der Waals surface area contributed by atoms with E-state index in [-0.39, 0.29) is 11.9 Å². The van der Waals surface area contributed by atoms with E-state index in [1.807, 2.05) is 0 Å². The van der Waals surface area contributed by atoms with E-state index in [2.05, 4.69) is 21.2 Å². The summed E-state index contributed by atoms with van der Waals surface area (Å²) in [5, 5.41) is 0.930. The zero-order valence-electron chi connectivity index (χ0n) is 10.2. The van der Waals surface area contributed by atoms with Crippen LogP contribution in [0.5, 0.6) is 0 Å². The van der Waals surface area contributed by atoms with Crippen molar-refractivity contribution in [3.05, 3.63) is 5.82 Å². The number of anilines is 1. The van der Waals surface area contributed by atoms with E-state index in [0.717, 1.165) is 36.8 Å². The predicted octanol–water partition coefficient (Wildman–Crippen LogP) is 1.49. The van der Waals surface area contributed by atoms with Crippen LogP contribution in [0.15, 0.2) is 0 Å². The molecule has 1 unspecified atom stereocenters. The second kappa shape index (κ2) is 5.44. The highest BCUT2D eigenvalue weighted by atomic mass is 32.1. The molecule has 0 N–H and O–H groups in total. The van der Waals surface area contributed by atoms with E-state index >= 15 is 0 Å². The Morgan fingerprint density at radius 2 is 2.47 bits per heavy atom. The molecule has 0 saturated carbocycles. The van der Waals surface area contributed by atoms with Crippen molar-refractivity contribution in [2.75, 3.05) is 25.1 Å². The van der Waals surface area contributed by atoms with Crippen LogP contribution in [0, 0.1) is 5.92 Å². The highest BCUT2D eigenvalue weighted by Crippen LogP contribution is 2.26. The number of esters is 1. The molecular weight excluding hydrogens is 238 g/mol. The van der Waals surface area contributed by atoms with Gasteiger partial charge in [-0.05, 0) is 12.8 Å². The molecule has 0 spiro atoms. The molecule has 1 aromatic heterocycles. The normalized spacial score (nSPS) is 19.6. The van der Waals surface area contributed by atoms with Crippen molar-refractivity contribution in [1.82, 2.24) is 9.36 Å². The molecule has 0 radical (unpaired) electrons. The number of hydrogen-bond donors (Lipinski definition) is 0. The van der Waals surface area contributed by atoms with Crippen LogP contribution < -0.4 is 4.90 Å². The highest BCUT2D eigenvalue weighted by Gasteiger charge is 2.30. The first-order valence-electron chi connectivity index (χ1n) is 5.90. The summed E-state index contributed by atoms with van der Waals surface area (Å²) in [6, 6.07) is 0. The minimum atomic E-state index is -0.120. The van der Waals surface area contributed by atoms with E-state index in [1.54, 1.807) is 0 Å². The van der Waals surface area contributed by atoms with Crippen molar-refractivity contribution in [2.45, 2.75) is 26.2 Å². The van der Waals surface area contributed by atoms with Gasteiger partial charge in [0.25, 0.3) is 0 Å². The Morgan fingerprint density at radius 3 is 3.18 bits per heavy atom.